The van der Waals surface area contributed by atoms with E-state index in [2.05, 4.69) is 10.6 Å². The molecule has 1 rings (SSSR count). The normalized spacial score (nSPS) is 23.6. The molecular formula is C4H8N2O2. The Labute approximate surface area is 46.9 Å². The van der Waals surface area contributed by atoms with E-state index in [9.17, 15) is 4.79 Å². The summed E-state index contributed by atoms with van der Waals surface area (Å²) < 4.78 is 0. The molecule has 0 bridgehead atoms. The molecule has 3 N–H and O–H groups in total. The molecule has 8 heavy (non-hydrogen) atoms. The van der Waals surface area contributed by atoms with E-state index in [1.165, 1.54) is 0 Å². The molecule has 1 fully saturated rings. The van der Waals surface area contributed by atoms with Gasteiger partial charge in [0.25, 0.3) is 0 Å². The van der Waals surface area contributed by atoms with E-state index in [1.54, 1.807) is 0 Å². The van der Waals surface area contributed by atoms with Crippen molar-refractivity contribution in [1.82, 2.24) is 10.6 Å². The standard InChI is InChI=1S/C4H8N2O2/c7-3-6-4(8)1-5-2-4/h3,5,8H,1-2H2,(H,6,7). The molecule has 1 aliphatic rings. The predicted octanol–water partition coefficient (Wildman–Crippen LogP) is -1.98. The lowest BCUT2D eigenvalue weighted by Crippen LogP contribution is -2.67. The SMILES string of the molecule is O=CNC1(O)CNC1. The number of hydrogen-bond acceptors (Lipinski definition) is 3. The van der Waals surface area contributed by atoms with Crippen molar-refractivity contribution in [2.75, 3.05) is 13.1 Å². The Kier molecular flexibility index (Phi) is 1.19. The van der Waals surface area contributed by atoms with Crippen LogP contribution < -0.4 is 10.6 Å². The first kappa shape index (κ1) is 5.53. The smallest absolute Gasteiger partial charge is 0.209 e. The Morgan fingerprint density at radius 3 is 2.50 bits per heavy atom. The van der Waals surface area contributed by atoms with Gasteiger partial charge in [-0.15, -0.1) is 0 Å². The van der Waals surface area contributed by atoms with Crippen LogP contribution in [0, 0.1) is 0 Å². The zero-order valence-electron chi connectivity index (χ0n) is 4.35. The molecule has 0 saturated carbocycles. The first-order valence-electron chi connectivity index (χ1n) is 2.41. The van der Waals surface area contributed by atoms with E-state index in [0.717, 1.165) is 0 Å². The van der Waals surface area contributed by atoms with E-state index >= 15 is 0 Å². The zero-order valence-corrected chi connectivity index (χ0v) is 4.35. The molecular weight excluding hydrogens is 108 g/mol. The Balaban J connectivity index is 2.29. The maximum atomic E-state index is 9.71. The summed E-state index contributed by atoms with van der Waals surface area (Å²) in [7, 11) is 0. The highest BCUT2D eigenvalue weighted by molar-refractivity contribution is 5.47. The highest BCUT2D eigenvalue weighted by Crippen LogP contribution is 2.02. The van der Waals surface area contributed by atoms with E-state index in [0.29, 0.717) is 19.5 Å². The molecule has 0 unspecified atom stereocenters. The van der Waals surface area contributed by atoms with Crippen molar-refractivity contribution >= 4 is 6.41 Å². The lowest BCUT2D eigenvalue weighted by Gasteiger charge is -2.36. The second-order valence-corrected chi connectivity index (χ2v) is 1.90. The van der Waals surface area contributed by atoms with Crippen LogP contribution in [0.15, 0.2) is 0 Å². The van der Waals surface area contributed by atoms with Gasteiger partial charge in [-0.1, -0.05) is 0 Å². The summed E-state index contributed by atoms with van der Waals surface area (Å²) in [5, 5.41) is 14.1. The lowest BCUT2D eigenvalue weighted by atomic mass is 10.1. The van der Waals surface area contributed by atoms with Crippen LogP contribution in [0.5, 0.6) is 0 Å². The number of β-amino-alcohol motifs (C(OH)–C–C–N with tert-alkyl or cyclic N) is 1. The summed E-state index contributed by atoms with van der Waals surface area (Å²) >= 11 is 0. The first-order valence-corrected chi connectivity index (χ1v) is 2.41. The Hall–Kier alpha value is -0.610. The average Bonchev–Trinajstić information content (AvgIpc) is 1.64. The van der Waals surface area contributed by atoms with Crippen molar-refractivity contribution < 1.29 is 9.90 Å². The van der Waals surface area contributed by atoms with Crippen LogP contribution in [0.4, 0.5) is 0 Å². The van der Waals surface area contributed by atoms with E-state index in [1.807, 2.05) is 0 Å². The Bertz CT molecular complexity index is 100. The summed E-state index contributed by atoms with van der Waals surface area (Å²) in [6.45, 7) is 0.900. The summed E-state index contributed by atoms with van der Waals surface area (Å²) in [6.07, 6.45) is 0.501. The summed E-state index contributed by atoms with van der Waals surface area (Å²) in [6, 6.07) is 0. The maximum absolute atomic E-state index is 9.71. The van der Waals surface area contributed by atoms with Crippen LogP contribution in [0.2, 0.25) is 0 Å². The molecule has 0 aromatic heterocycles. The number of carbonyl (C=O) groups excluding carboxylic acids is 1. The van der Waals surface area contributed by atoms with Gasteiger partial charge in [-0.2, -0.15) is 0 Å². The van der Waals surface area contributed by atoms with Crippen molar-refractivity contribution in [2.24, 2.45) is 0 Å². The minimum absolute atomic E-state index is 0.450. The molecule has 0 radical (unpaired) electrons. The molecule has 0 aromatic rings. The Morgan fingerprint density at radius 2 is 2.38 bits per heavy atom. The number of amides is 1. The third kappa shape index (κ3) is 0.801. The van der Waals surface area contributed by atoms with Gasteiger partial charge in [0.15, 0.2) is 5.72 Å². The van der Waals surface area contributed by atoms with E-state index in [4.69, 9.17) is 5.11 Å². The summed E-state index contributed by atoms with van der Waals surface area (Å²) in [4.78, 5) is 9.71. The molecule has 0 spiro atoms. The second kappa shape index (κ2) is 1.72. The molecule has 4 nitrogen and oxygen atoms in total. The molecule has 0 atom stereocenters. The van der Waals surface area contributed by atoms with Gasteiger partial charge in [0.05, 0.1) is 0 Å². The van der Waals surface area contributed by atoms with Crippen LogP contribution in [-0.4, -0.2) is 30.3 Å². The molecule has 1 amide bonds. The van der Waals surface area contributed by atoms with Crippen LogP contribution in [0.1, 0.15) is 0 Å². The number of aliphatic hydroxyl groups is 1. The van der Waals surface area contributed by atoms with Gasteiger partial charge in [0.1, 0.15) is 0 Å². The predicted molar refractivity (Wildman–Crippen MR) is 27.0 cm³/mol. The topological polar surface area (TPSA) is 61.4 Å². The fraction of sp³-hybridized carbons (Fsp3) is 0.750. The summed E-state index contributed by atoms with van der Waals surface area (Å²) in [5.74, 6) is 0. The van der Waals surface area contributed by atoms with Crippen LogP contribution in [0.25, 0.3) is 0 Å². The van der Waals surface area contributed by atoms with Gasteiger partial charge in [-0.05, 0) is 0 Å². The van der Waals surface area contributed by atoms with Crippen LogP contribution in [0.3, 0.4) is 0 Å². The zero-order chi connectivity index (χ0) is 6.04. The molecule has 1 aliphatic heterocycles. The largest absolute Gasteiger partial charge is 0.368 e. The van der Waals surface area contributed by atoms with Crippen LogP contribution in [-0.2, 0) is 4.79 Å². The molecule has 1 saturated heterocycles. The van der Waals surface area contributed by atoms with E-state index in [-0.39, 0.29) is 0 Å². The summed E-state index contributed by atoms with van der Waals surface area (Å²) in [5.41, 5.74) is -0.957. The fourth-order valence-corrected chi connectivity index (χ4v) is 0.574. The average molecular weight is 116 g/mol. The number of nitrogens with one attached hydrogen (secondary N) is 2. The van der Waals surface area contributed by atoms with Crippen LogP contribution >= 0.6 is 0 Å². The fourth-order valence-electron chi connectivity index (χ4n) is 0.574. The van der Waals surface area contributed by atoms with Crippen molar-refractivity contribution in [2.45, 2.75) is 5.72 Å². The molecule has 0 aliphatic carbocycles. The Morgan fingerprint density at radius 1 is 1.75 bits per heavy atom. The van der Waals surface area contributed by atoms with Gasteiger partial charge in [-0.25, -0.2) is 0 Å². The molecule has 0 aromatic carbocycles. The quantitative estimate of drug-likeness (QED) is 0.289. The highest BCUT2D eigenvalue weighted by atomic mass is 16.3. The number of hydrogen-bond donors (Lipinski definition) is 3. The van der Waals surface area contributed by atoms with Crippen molar-refractivity contribution in [3.05, 3.63) is 0 Å². The van der Waals surface area contributed by atoms with Gasteiger partial charge in [0.2, 0.25) is 6.41 Å². The molecule has 1 heterocycles. The second-order valence-electron chi connectivity index (χ2n) is 1.90. The van der Waals surface area contributed by atoms with Gasteiger partial charge in [-0.3, -0.25) is 4.79 Å². The first-order chi connectivity index (χ1) is 3.77. The minimum atomic E-state index is -0.957. The number of rotatable bonds is 2. The lowest BCUT2D eigenvalue weighted by molar-refractivity contribution is -0.120. The van der Waals surface area contributed by atoms with Gasteiger partial charge < -0.3 is 15.7 Å². The van der Waals surface area contributed by atoms with Crippen molar-refractivity contribution in [3.63, 3.8) is 0 Å². The minimum Gasteiger partial charge on any atom is -0.368 e. The van der Waals surface area contributed by atoms with Gasteiger partial charge >= 0.3 is 0 Å². The third-order valence-corrected chi connectivity index (χ3v) is 1.16. The maximum Gasteiger partial charge on any atom is 0.209 e. The molecule has 4 heteroatoms. The van der Waals surface area contributed by atoms with Gasteiger partial charge in [0, 0.05) is 13.1 Å². The highest BCUT2D eigenvalue weighted by Gasteiger charge is 2.32. The monoisotopic (exact) mass is 116 g/mol. The van der Waals surface area contributed by atoms with Crippen molar-refractivity contribution in [3.8, 4) is 0 Å². The number of carbonyl (C=O) groups is 1. The molecule has 46 valence electrons. The third-order valence-electron chi connectivity index (χ3n) is 1.16. The van der Waals surface area contributed by atoms with E-state index < -0.39 is 5.72 Å². The van der Waals surface area contributed by atoms with Crippen molar-refractivity contribution in [1.29, 1.82) is 0 Å².